The first-order valence-corrected chi connectivity index (χ1v) is 10.4. The van der Waals surface area contributed by atoms with Crippen LogP contribution in [0, 0.1) is 0 Å². The average molecular weight is 401 g/mol. The lowest BCUT2D eigenvalue weighted by Gasteiger charge is -2.19. The van der Waals surface area contributed by atoms with Crippen molar-refractivity contribution in [2.45, 2.75) is 31.1 Å². The van der Waals surface area contributed by atoms with Gasteiger partial charge in [-0.05, 0) is 34.2 Å². The van der Waals surface area contributed by atoms with Crippen LogP contribution in [0.5, 0.6) is 0 Å². The lowest BCUT2D eigenvalue weighted by molar-refractivity contribution is -0.125. The maximum Gasteiger partial charge on any atom is 0.271 e. The summed E-state index contributed by atoms with van der Waals surface area (Å²) >= 11 is 0. The van der Waals surface area contributed by atoms with Gasteiger partial charge in [0, 0.05) is 18.7 Å². The second-order valence-corrected chi connectivity index (χ2v) is 9.76. The van der Waals surface area contributed by atoms with Gasteiger partial charge in [-0.2, -0.15) is 4.31 Å². The molecule has 0 atom stereocenters. The van der Waals surface area contributed by atoms with Crippen molar-refractivity contribution < 1.29 is 18.4 Å². The zero-order chi connectivity index (χ0) is 20.5. The predicted molar refractivity (Wildman–Crippen MR) is 107 cm³/mol. The van der Waals surface area contributed by atoms with Crippen LogP contribution in [0.2, 0.25) is 0 Å². The van der Waals surface area contributed by atoms with Gasteiger partial charge in [0.15, 0.2) is 0 Å². The molecule has 1 heterocycles. The van der Waals surface area contributed by atoms with Crippen molar-refractivity contribution >= 4 is 15.9 Å². The highest BCUT2D eigenvalue weighted by Gasteiger charge is 2.30. The predicted octanol–water partition coefficient (Wildman–Crippen LogP) is 3.09. The van der Waals surface area contributed by atoms with Crippen LogP contribution in [0.1, 0.15) is 26.3 Å². The zero-order valence-corrected chi connectivity index (χ0v) is 17.0. The first kappa shape index (κ1) is 20.3. The molecule has 6 nitrogen and oxygen atoms in total. The number of carbonyl (C=O) groups excluding carboxylic acids is 1. The Kier molecular flexibility index (Phi) is 5.43. The Bertz CT molecular complexity index is 1000. The number of carbonyl (C=O) groups is 1. The van der Waals surface area contributed by atoms with Crippen molar-refractivity contribution in [3.63, 3.8) is 0 Å². The van der Waals surface area contributed by atoms with E-state index in [2.05, 4.69) is 32.9 Å². The van der Waals surface area contributed by atoms with Crippen LogP contribution < -0.4 is 5.48 Å². The highest BCUT2D eigenvalue weighted by molar-refractivity contribution is 7.89. The Morgan fingerprint density at radius 3 is 2.04 bits per heavy atom. The minimum atomic E-state index is -3.72. The van der Waals surface area contributed by atoms with Crippen molar-refractivity contribution in [2.24, 2.45) is 0 Å². The number of nitrogens with zero attached hydrogens (tertiary/aromatic N) is 1. The maximum absolute atomic E-state index is 12.8. The minimum Gasteiger partial charge on any atom is -0.288 e. The molecule has 0 aromatic heterocycles. The summed E-state index contributed by atoms with van der Waals surface area (Å²) in [4.78, 5) is 11.6. The molecule has 3 rings (SSSR count). The van der Waals surface area contributed by atoms with Crippen molar-refractivity contribution in [1.29, 1.82) is 0 Å². The van der Waals surface area contributed by atoms with Gasteiger partial charge in [-0.3, -0.25) is 10.0 Å². The molecule has 0 unspecified atom stereocenters. The van der Waals surface area contributed by atoms with Gasteiger partial charge in [-0.25, -0.2) is 13.9 Å². The number of rotatable bonds is 4. The van der Waals surface area contributed by atoms with Gasteiger partial charge >= 0.3 is 0 Å². The Morgan fingerprint density at radius 2 is 1.54 bits per heavy atom. The molecule has 1 amide bonds. The van der Waals surface area contributed by atoms with E-state index >= 15 is 0 Å². The number of amides is 1. The summed E-state index contributed by atoms with van der Waals surface area (Å²) in [6, 6.07) is 15.0. The lowest BCUT2D eigenvalue weighted by atomic mass is 9.86. The van der Waals surface area contributed by atoms with E-state index in [1.54, 1.807) is 24.3 Å². The summed E-state index contributed by atoms with van der Waals surface area (Å²) in [7, 11) is -3.72. The van der Waals surface area contributed by atoms with Crippen LogP contribution in [0.15, 0.2) is 65.1 Å². The highest BCUT2D eigenvalue weighted by Crippen LogP contribution is 2.28. The molecule has 1 aliphatic heterocycles. The number of hydrogen-bond donors (Lipinski definition) is 2. The van der Waals surface area contributed by atoms with Crippen LogP contribution >= 0.6 is 0 Å². The number of benzene rings is 2. The van der Waals surface area contributed by atoms with Crippen LogP contribution in [0.25, 0.3) is 11.1 Å². The Labute approximate surface area is 165 Å². The quantitative estimate of drug-likeness (QED) is 0.610. The topological polar surface area (TPSA) is 86.7 Å². The summed E-state index contributed by atoms with van der Waals surface area (Å²) < 4.78 is 26.8. The first-order chi connectivity index (χ1) is 13.1. The van der Waals surface area contributed by atoms with Crippen molar-refractivity contribution in [1.82, 2.24) is 9.79 Å². The SMILES string of the molecule is CC(C)(C)c1ccc(-c2ccc(S(=O)(=O)N3CC=C(C(=O)NO)C3)cc2)cc1. The molecule has 28 heavy (non-hydrogen) atoms. The number of hydroxylamine groups is 1. The van der Waals surface area contributed by atoms with E-state index in [-0.39, 0.29) is 29.0 Å². The van der Waals surface area contributed by atoms with E-state index in [9.17, 15) is 13.2 Å². The van der Waals surface area contributed by atoms with E-state index in [1.165, 1.54) is 21.4 Å². The monoisotopic (exact) mass is 400 g/mol. The first-order valence-electron chi connectivity index (χ1n) is 8.97. The summed E-state index contributed by atoms with van der Waals surface area (Å²) in [5.74, 6) is -0.688. The Hall–Kier alpha value is -2.48. The van der Waals surface area contributed by atoms with Gasteiger partial charge in [0.05, 0.1) is 4.90 Å². The Balaban J connectivity index is 1.78. The molecule has 0 spiro atoms. The molecule has 7 heteroatoms. The number of hydrogen-bond acceptors (Lipinski definition) is 4. The third-order valence-corrected chi connectivity index (χ3v) is 6.68. The van der Waals surface area contributed by atoms with E-state index in [0.29, 0.717) is 0 Å². The fourth-order valence-electron chi connectivity index (χ4n) is 3.08. The van der Waals surface area contributed by atoms with Gasteiger partial charge < -0.3 is 0 Å². The number of sulfonamides is 1. The average Bonchev–Trinajstić information content (AvgIpc) is 3.18. The van der Waals surface area contributed by atoms with E-state index in [4.69, 9.17) is 5.21 Å². The van der Waals surface area contributed by atoms with Gasteiger partial charge in [-0.15, -0.1) is 0 Å². The van der Waals surface area contributed by atoms with Crippen LogP contribution in [0.3, 0.4) is 0 Å². The minimum absolute atomic E-state index is 0.0647. The molecule has 0 aliphatic carbocycles. The van der Waals surface area contributed by atoms with Crippen LogP contribution in [0.4, 0.5) is 0 Å². The smallest absolute Gasteiger partial charge is 0.271 e. The summed E-state index contributed by atoms with van der Waals surface area (Å²) in [5, 5.41) is 8.69. The lowest BCUT2D eigenvalue weighted by Crippen LogP contribution is -2.31. The molecule has 2 aromatic rings. The van der Waals surface area contributed by atoms with E-state index in [1.807, 2.05) is 12.1 Å². The highest BCUT2D eigenvalue weighted by atomic mass is 32.2. The third kappa shape index (κ3) is 4.01. The van der Waals surface area contributed by atoms with Gasteiger partial charge in [0.1, 0.15) is 0 Å². The summed E-state index contributed by atoms with van der Waals surface area (Å²) in [6.45, 7) is 6.51. The van der Waals surface area contributed by atoms with Crippen LogP contribution in [-0.4, -0.2) is 36.9 Å². The van der Waals surface area contributed by atoms with Gasteiger partial charge in [0.25, 0.3) is 5.91 Å². The molecule has 2 N–H and O–H groups in total. The van der Waals surface area contributed by atoms with E-state index in [0.717, 1.165) is 11.1 Å². The zero-order valence-electron chi connectivity index (χ0n) is 16.1. The molecule has 0 saturated carbocycles. The maximum atomic E-state index is 12.8. The van der Waals surface area contributed by atoms with Gasteiger partial charge in [-0.1, -0.05) is 63.2 Å². The Morgan fingerprint density at radius 1 is 1.00 bits per heavy atom. The third-order valence-electron chi connectivity index (χ3n) is 4.86. The summed E-state index contributed by atoms with van der Waals surface area (Å²) in [5.41, 5.74) is 5.01. The molecular formula is C21H24N2O4S. The molecule has 0 bridgehead atoms. The fourth-order valence-corrected chi connectivity index (χ4v) is 4.44. The van der Waals surface area contributed by atoms with Crippen LogP contribution in [-0.2, 0) is 20.2 Å². The molecule has 0 radical (unpaired) electrons. The molecule has 2 aromatic carbocycles. The second kappa shape index (κ2) is 7.50. The molecule has 148 valence electrons. The molecule has 0 fully saturated rings. The van der Waals surface area contributed by atoms with Crippen molar-refractivity contribution in [3.05, 3.63) is 65.7 Å². The molecule has 1 aliphatic rings. The number of nitrogens with one attached hydrogen (secondary N) is 1. The second-order valence-electron chi connectivity index (χ2n) is 7.82. The fraction of sp³-hybridized carbons (Fsp3) is 0.286. The summed E-state index contributed by atoms with van der Waals surface area (Å²) in [6.07, 6.45) is 1.49. The van der Waals surface area contributed by atoms with Gasteiger partial charge in [0.2, 0.25) is 10.0 Å². The van der Waals surface area contributed by atoms with Crippen molar-refractivity contribution in [3.8, 4) is 11.1 Å². The normalized spacial score (nSPS) is 15.4. The molecular weight excluding hydrogens is 376 g/mol. The largest absolute Gasteiger partial charge is 0.288 e. The standard InChI is InChI=1S/C21H24N2O4S/c1-21(2,3)18-8-4-15(5-9-18)16-6-10-19(11-7-16)28(26,27)23-13-12-17(14-23)20(24)22-25/h4-12,25H,13-14H2,1-3H3,(H,22,24). The van der Waals surface area contributed by atoms with Crippen molar-refractivity contribution in [2.75, 3.05) is 13.1 Å². The van der Waals surface area contributed by atoms with E-state index < -0.39 is 15.9 Å². The molecule has 0 saturated heterocycles.